The molecule has 0 aromatic rings. The summed E-state index contributed by atoms with van der Waals surface area (Å²) >= 11 is 4.77. The van der Waals surface area contributed by atoms with E-state index in [4.69, 9.17) is 18.0 Å². The number of carbonyl (C=O) groups excluding carboxylic acids is 1. The van der Waals surface area contributed by atoms with Gasteiger partial charge in [0, 0.05) is 13.1 Å². The number of nitrogens with two attached hydrogens (primary N) is 1. The molecular formula is C9H19N3OS. The molecule has 3 N–H and O–H groups in total. The fraction of sp³-hybridized carbons (Fsp3) is 0.778. The van der Waals surface area contributed by atoms with E-state index >= 15 is 0 Å². The Morgan fingerprint density at radius 1 is 1.64 bits per heavy atom. The first kappa shape index (κ1) is 13.3. The van der Waals surface area contributed by atoms with Crippen LogP contribution in [0.5, 0.6) is 0 Å². The Bertz CT molecular complexity index is 208. The number of hydrogen-bond acceptors (Lipinski definition) is 3. The molecule has 0 aliphatic heterocycles. The van der Waals surface area contributed by atoms with E-state index in [1.165, 1.54) is 0 Å². The number of likely N-dealkylation sites (N-methyl/N-ethyl adjacent to an activating group) is 1. The van der Waals surface area contributed by atoms with Gasteiger partial charge in [0.05, 0.1) is 11.0 Å². The summed E-state index contributed by atoms with van der Waals surface area (Å²) in [6.45, 7) is 5.03. The third-order valence-corrected chi connectivity index (χ3v) is 2.12. The molecule has 14 heavy (non-hydrogen) atoms. The SMILES string of the molecule is CCCNC(=O)C(C)N(C)CC(N)=S. The molecule has 1 unspecified atom stereocenters. The van der Waals surface area contributed by atoms with Crippen LogP contribution >= 0.6 is 12.2 Å². The predicted molar refractivity (Wildman–Crippen MR) is 62.2 cm³/mol. The van der Waals surface area contributed by atoms with Crippen molar-refractivity contribution in [3.63, 3.8) is 0 Å². The molecule has 0 saturated carbocycles. The van der Waals surface area contributed by atoms with Crippen LogP contribution in [-0.4, -0.2) is 42.0 Å². The van der Waals surface area contributed by atoms with Crippen LogP contribution in [0.2, 0.25) is 0 Å². The van der Waals surface area contributed by atoms with Gasteiger partial charge in [0.15, 0.2) is 0 Å². The van der Waals surface area contributed by atoms with Crippen molar-refractivity contribution in [2.24, 2.45) is 5.73 Å². The molecule has 5 heteroatoms. The van der Waals surface area contributed by atoms with Crippen LogP contribution in [0.4, 0.5) is 0 Å². The minimum absolute atomic E-state index is 0.0191. The van der Waals surface area contributed by atoms with Crippen LogP contribution in [-0.2, 0) is 4.79 Å². The minimum Gasteiger partial charge on any atom is -0.392 e. The number of nitrogens with zero attached hydrogens (tertiary/aromatic N) is 1. The Balaban J connectivity index is 3.96. The fourth-order valence-electron chi connectivity index (χ4n) is 0.979. The van der Waals surface area contributed by atoms with Crippen LogP contribution in [0.3, 0.4) is 0 Å². The van der Waals surface area contributed by atoms with E-state index in [0.717, 1.165) is 6.42 Å². The maximum absolute atomic E-state index is 11.5. The van der Waals surface area contributed by atoms with E-state index in [-0.39, 0.29) is 11.9 Å². The van der Waals surface area contributed by atoms with Gasteiger partial charge in [-0.25, -0.2) is 0 Å². The molecule has 1 atom stereocenters. The summed E-state index contributed by atoms with van der Waals surface area (Å²) in [5.41, 5.74) is 5.39. The van der Waals surface area contributed by atoms with Crippen molar-refractivity contribution in [2.75, 3.05) is 20.1 Å². The summed E-state index contributed by atoms with van der Waals surface area (Å²) in [4.78, 5) is 13.7. The van der Waals surface area contributed by atoms with Crippen molar-refractivity contribution in [2.45, 2.75) is 26.3 Å². The highest BCUT2D eigenvalue weighted by molar-refractivity contribution is 7.80. The van der Waals surface area contributed by atoms with E-state index in [0.29, 0.717) is 18.1 Å². The van der Waals surface area contributed by atoms with Crippen LogP contribution in [0.15, 0.2) is 0 Å². The zero-order valence-corrected chi connectivity index (χ0v) is 9.86. The number of hydrogen-bond donors (Lipinski definition) is 2. The van der Waals surface area contributed by atoms with Gasteiger partial charge in [-0.3, -0.25) is 9.69 Å². The summed E-state index contributed by atoms with van der Waals surface area (Å²) in [6.07, 6.45) is 0.942. The number of rotatable bonds is 6. The van der Waals surface area contributed by atoms with Gasteiger partial charge in [-0.05, 0) is 20.4 Å². The molecule has 1 amide bonds. The average molecular weight is 217 g/mol. The molecule has 0 aliphatic carbocycles. The maximum atomic E-state index is 11.5. The van der Waals surface area contributed by atoms with Crippen molar-refractivity contribution in [3.8, 4) is 0 Å². The summed E-state index contributed by atoms with van der Waals surface area (Å²) in [7, 11) is 1.83. The third kappa shape index (κ3) is 5.14. The third-order valence-electron chi connectivity index (χ3n) is 2.00. The smallest absolute Gasteiger partial charge is 0.237 e. The van der Waals surface area contributed by atoms with E-state index in [2.05, 4.69) is 5.32 Å². The standard InChI is InChI=1S/C9H19N3OS/c1-4-5-11-9(13)7(2)12(3)6-8(10)14/h7H,4-6H2,1-3H3,(H2,10,14)(H,11,13). The van der Waals surface area contributed by atoms with Crippen molar-refractivity contribution in [1.82, 2.24) is 10.2 Å². The van der Waals surface area contributed by atoms with E-state index in [1.807, 2.05) is 25.8 Å². The first-order chi connectivity index (χ1) is 6.49. The van der Waals surface area contributed by atoms with Crippen LogP contribution < -0.4 is 11.1 Å². The topological polar surface area (TPSA) is 58.4 Å². The molecule has 0 radical (unpaired) electrons. The van der Waals surface area contributed by atoms with Gasteiger partial charge in [-0.15, -0.1) is 0 Å². The predicted octanol–water partition coefficient (Wildman–Crippen LogP) is 0.119. The van der Waals surface area contributed by atoms with Crippen LogP contribution in [0.1, 0.15) is 20.3 Å². The highest BCUT2D eigenvalue weighted by Crippen LogP contribution is 1.95. The van der Waals surface area contributed by atoms with Gasteiger partial charge in [0.25, 0.3) is 0 Å². The maximum Gasteiger partial charge on any atom is 0.237 e. The molecule has 4 nitrogen and oxygen atoms in total. The molecule has 0 heterocycles. The molecule has 0 aromatic heterocycles. The second-order valence-electron chi connectivity index (χ2n) is 3.35. The number of nitrogens with one attached hydrogen (secondary N) is 1. The lowest BCUT2D eigenvalue weighted by molar-refractivity contribution is -0.125. The largest absolute Gasteiger partial charge is 0.392 e. The zero-order chi connectivity index (χ0) is 11.1. The fourth-order valence-corrected chi connectivity index (χ4v) is 1.18. The van der Waals surface area contributed by atoms with Gasteiger partial charge in [-0.2, -0.15) is 0 Å². The monoisotopic (exact) mass is 217 g/mol. The van der Waals surface area contributed by atoms with Gasteiger partial charge < -0.3 is 11.1 Å². The molecular weight excluding hydrogens is 198 g/mol. The lowest BCUT2D eigenvalue weighted by Crippen LogP contribution is -2.46. The lowest BCUT2D eigenvalue weighted by Gasteiger charge is -2.22. The highest BCUT2D eigenvalue weighted by Gasteiger charge is 2.17. The molecule has 0 saturated heterocycles. The lowest BCUT2D eigenvalue weighted by atomic mass is 10.2. The number of carbonyl (C=O) groups is 1. The Kier molecular flexibility index (Phi) is 6.40. The molecule has 0 aliphatic rings. The summed E-state index contributed by atoms with van der Waals surface area (Å²) in [6, 6.07) is -0.192. The van der Waals surface area contributed by atoms with Crippen molar-refractivity contribution in [3.05, 3.63) is 0 Å². The van der Waals surface area contributed by atoms with Gasteiger partial charge in [0.2, 0.25) is 5.91 Å². The van der Waals surface area contributed by atoms with Gasteiger partial charge in [-0.1, -0.05) is 19.1 Å². The Morgan fingerprint density at radius 3 is 2.64 bits per heavy atom. The Labute approximate surface area is 90.8 Å². The highest BCUT2D eigenvalue weighted by atomic mass is 32.1. The zero-order valence-electron chi connectivity index (χ0n) is 9.04. The molecule has 0 aromatic carbocycles. The van der Waals surface area contributed by atoms with Crippen molar-refractivity contribution >= 4 is 23.1 Å². The molecule has 0 rings (SSSR count). The summed E-state index contributed by atoms with van der Waals surface area (Å²) < 4.78 is 0. The average Bonchev–Trinajstić information content (AvgIpc) is 2.11. The Morgan fingerprint density at radius 2 is 2.21 bits per heavy atom. The first-order valence-electron chi connectivity index (χ1n) is 4.75. The van der Waals surface area contributed by atoms with Gasteiger partial charge in [0.1, 0.15) is 0 Å². The van der Waals surface area contributed by atoms with E-state index < -0.39 is 0 Å². The quantitative estimate of drug-likeness (QED) is 0.620. The summed E-state index contributed by atoms with van der Waals surface area (Å²) in [5.74, 6) is 0.0191. The van der Waals surface area contributed by atoms with Crippen LogP contribution in [0, 0.1) is 0 Å². The van der Waals surface area contributed by atoms with Crippen LogP contribution in [0.25, 0.3) is 0 Å². The molecule has 0 spiro atoms. The van der Waals surface area contributed by atoms with Gasteiger partial charge >= 0.3 is 0 Å². The van der Waals surface area contributed by atoms with Crippen molar-refractivity contribution < 1.29 is 4.79 Å². The first-order valence-corrected chi connectivity index (χ1v) is 5.16. The Hall–Kier alpha value is -0.680. The second-order valence-corrected chi connectivity index (χ2v) is 3.87. The minimum atomic E-state index is -0.192. The molecule has 0 fully saturated rings. The summed E-state index contributed by atoms with van der Waals surface area (Å²) in [5, 5.41) is 2.82. The molecule has 82 valence electrons. The normalized spacial score (nSPS) is 12.6. The molecule has 0 bridgehead atoms. The second kappa shape index (κ2) is 6.73. The van der Waals surface area contributed by atoms with E-state index in [1.54, 1.807) is 0 Å². The number of amides is 1. The van der Waals surface area contributed by atoms with E-state index in [9.17, 15) is 4.79 Å². The number of thiocarbonyl (C=S) groups is 1. The van der Waals surface area contributed by atoms with Crippen molar-refractivity contribution in [1.29, 1.82) is 0 Å².